The van der Waals surface area contributed by atoms with Gasteiger partial charge in [-0.05, 0) is 87.4 Å². The molecule has 14 heteroatoms. The van der Waals surface area contributed by atoms with Crippen LogP contribution in [0.2, 0.25) is 0 Å². The normalized spacial score (nSPS) is 49.2. The number of cyclic esters (lactones) is 1. The molecule has 3 fully saturated rings. The second-order valence-corrected chi connectivity index (χ2v) is 16.0. The fourth-order valence-electron chi connectivity index (χ4n) is 8.10. The van der Waals surface area contributed by atoms with Crippen molar-refractivity contribution in [1.29, 1.82) is 0 Å². The largest absolute Gasteiger partial charge is 0.459 e. The minimum absolute atomic E-state index is 0.151. The van der Waals surface area contributed by atoms with Crippen molar-refractivity contribution >= 4 is 5.97 Å². The van der Waals surface area contributed by atoms with Crippen molar-refractivity contribution in [2.75, 3.05) is 27.7 Å². The molecule has 3 rings (SSSR count). The third kappa shape index (κ3) is 10.1. The zero-order valence-electron chi connectivity index (χ0n) is 32.3. The number of nitrogens with zero attached hydrogens (tertiary/aromatic N) is 1. The Kier molecular flexibility index (Phi) is 15.5. The number of carbonyl (C=O) groups excluding carboxylic acids is 1. The number of esters is 1. The first-order valence-electron chi connectivity index (χ1n) is 18.4. The fraction of sp³-hybridized carbons (Fsp3) is 0.972. The molecule has 3 heterocycles. The van der Waals surface area contributed by atoms with Gasteiger partial charge in [0.25, 0.3) is 0 Å². The number of likely N-dealkylation sites (N-methyl/N-ethyl adjacent to an activating group) is 1. The highest BCUT2D eigenvalue weighted by molar-refractivity contribution is 5.73. The Morgan fingerprint density at radius 1 is 0.960 bits per heavy atom. The third-order valence-electron chi connectivity index (χ3n) is 11.2. The maximum absolute atomic E-state index is 14.1. The molecule has 0 bridgehead atoms. The molecule has 50 heavy (non-hydrogen) atoms. The molecule has 0 spiro atoms. The van der Waals surface area contributed by atoms with E-state index in [9.17, 15) is 30.3 Å². The Morgan fingerprint density at radius 2 is 1.60 bits per heavy atom. The quantitative estimate of drug-likeness (QED) is 0.206. The summed E-state index contributed by atoms with van der Waals surface area (Å²) in [5.41, 5.74) is -3.34. The van der Waals surface area contributed by atoms with Gasteiger partial charge in [0.2, 0.25) is 0 Å². The van der Waals surface area contributed by atoms with Gasteiger partial charge in [-0.1, -0.05) is 20.8 Å². The Morgan fingerprint density at radius 3 is 2.18 bits per heavy atom. The Balaban J connectivity index is 2.13. The standard InChI is InChI=1S/C36H68N2O12/c1-13-26-36(9,44)31(41)22(6)37-17-18(2)16-35(8,43)32(50-34-29(40)24(38(10)11)14-19(3)46-34)20(4)30(21(5)33(42)48-26)49-27-15-25(45-12)28(39)23(7)47-27/h18-32,34,37,39-41,43-44H,13-17H2,1-12H3/t18-,19-,20+,21-,22-,23+,24+,25+,26-,27+,28+,29-,30+,31-,32-,34+,35-,36-/m1/s1. The number of nitrogens with one attached hydrogen (secondary N) is 1. The van der Waals surface area contributed by atoms with Gasteiger partial charge in [0.05, 0.1) is 42.0 Å². The number of rotatable bonds is 7. The molecule has 0 aromatic carbocycles. The summed E-state index contributed by atoms with van der Waals surface area (Å²) in [6, 6.07) is -0.851. The van der Waals surface area contributed by atoms with Gasteiger partial charge in [0.15, 0.2) is 12.6 Å². The third-order valence-corrected chi connectivity index (χ3v) is 11.2. The van der Waals surface area contributed by atoms with Gasteiger partial charge in [0, 0.05) is 31.5 Å². The minimum atomic E-state index is -1.79. The number of carbonyl (C=O) groups is 1. The second-order valence-electron chi connectivity index (χ2n) is 16.0. The van der Waals surface area contributed by atoms with Crippen molar-refractivity contribution in [3.8, 4) is 0 Å². The lowest BCUT2D eigenvalue weighted by atomic mass is 9.77. The highest BCUT2D eigenvalue weighted by atomic mass is 16.7. The van der Waals surface area contributed by atoms with E-state index < -0.39 is 96.5 Å². The van der Waals surface area contributed by atoms with Gasteiger partial charge >= 0.3 is 5.97 Å². The van der Waals surface area contributed by atoms with Crippen LogP contribution in [0.3, 0.4) is 0 Å². The van der Waals surface area contributed by atoms with Gasteiger partial charge in [-0.15, -0.1) is 0 Å². The lowest BCUT2D eigenvalue weighted by Gasteiger charge is -2.47. The molecule has 3 aliphatic rings. The molecule has 0 aromatic heterocycles. The molecule has 0 aliphatic carbocycles. The van der Waals surface area contributed by atoms with E-state index in [2.05, 4.69) is 5.32 Å². The monoisotopic (exact) mass is 720 g/mol. The molecular weight excluding hydrogens is 652 g/mol. The van der Waals surface area contributed by atoms with Gasteiger partial charge in [0.1, 0.15) is 30.0 Å². The average molecular weight is 721 g/mol. The Labute approximate surface area is 299 Å². The zero-order valence-corrected chi connectivity index (χ0v) is 32.3. The summed E-state index contributed by atoms with van der Waals surface area (Å²) in [6.07, 6.45) is -8.60. The molecule has 3 saturated heterocycles. The molecule has 14 nitrogen and oxygen atoms in total. The van der Waals surface area contributed by atoms with E-state index >= 15 is 0 Å². The Bertz CT molecular complexity index is 1060. The van der Waals surface area contributed by atoms with E-state index in [1.807, 2.05) is 39.8 Å². The first-order chi connectivity index (χ1) is 23.2. The topological polar surface area (TPSA) is 189 Å². The highest BCUT2D eigenvalue weighted by Crippen LogP contribution is 2.38. The molecule has 18 atom stereocenters. The van der Waals surface area contributed by atoms with Gasteiger partial charge in [-0.2, -0.15) is 0 Å². The number of ether oxygens (including phenoxy) is 6. The van der Waals surface area contributed by atoms with Crippen LogP contribution in [-0.2, 0) is 33.2 Å². The van der Waals surface area contributed by atoms with Crippen LogP contribution < -0.4 is 5.32 Å². The summed E-state index contributed by atoms with van der Waals surface area (Å²) in [5.74, 6) is -2.57. The molecule has 0 unspecified atom stereocenters. The van der Waals surface area contributed by atoms with E-state index in [0.29, 0.717) is 13.0 Å². The molecule has 0 amide bonds. The smallest absolute Gasteiger partial charge is 0.311 e. The molecule has 0 radical (unpaired) electrons. The Hall–Kier alpha value is -1.01. The van der Waals surface area contributed by atoms with Crippen molar-refractivity contribution < 1.29 is 58.7 Å². The molecule has 6 N–H and O–H groups in total. The number of methoxy groups -OCH3 is 1. The SMILES string of the molecule is CC[C@H]1OC(=O)[C@H](C)[C@@H](O[C@H]2C[C@H](OC)[C@@H](O)[C@H](C)O2)[C@H](C)[C@@H](O[C@@H]2O[C@H](C)C[C@H](N(C)C)[C@H]2O)[C@](C)(O)C[C@@H](C)CN[C@H](C)[C@@H](O)[C@]1(C)O. The van der Waals surface area contributed by atoms with E-state index in [0.717, 1.165) is 0 Å². The fourth-order valence-corrected chi connectivity index (χ4v) is 8.10. The first-order valence-corrected chi connectivity index (χ1v) is 18.4. The number of hydrogen-bond acceptors (Lipinski definition) is 14. The lowest BCUT2D eigenvalue weighted by Crippen LogP contribution is -2.60. The van der Waals surface area contributed by atoms with Gasteiger partial charge < -0.3 is 64.2 Å². The van der Waals surface area contributed by atoms with Crippen molar-refractivity contribution in [2.45, 2.75) is 179 Å². The van der Waals surface area contributed by atoms with E-state index in [1.54, 1.807) is 34.6 Å². The van der Waals surface area contributed by atoms with Crippen molar-refractivity contribution in [2.24, 2.45) is 17.8 Å². The molecule has 3 aliphatic heterocycles. The van der Waals surface area contributed by atoms with Crippen LogP contribution in [0.25, 0.3) is 0 Å². The number of hydrogen-bond donors (Lipinski definition) is 6. The van der Waals surface area contributed by atoms with Crippen LogP contribution >= 0.6 is 0 Å². The maximum atomic E-state index is 14.1. The van der Waals surface area contributed by atoms with Crippen LogP contribution in [0.1, 0.15) is 88.0 Å². The number of aliphatic hydroxyl groups is 5. The van der Waals surface area contributed by atoms with Gasteiger partial charge in [-0.3, -0.25) is 4.79 Å². The van der Waals surface area contributed by atoms with E-state index in [4.69, 9.17) is 28.4 Å². The summed E-state index contributed by atoms with van der Waals surface area (Å²) in [7, 11) is 5.26. The molecule has 0 saturated carbocycles. The molecular formula is C36H68N2O12. The van der Waals surface area contributed by atoms with Crippen molar-refractivity contribution in [3.05, 3.63) is 0 Å². The van der Waals surface area contributed by atoms with E-state index in [-0.39, 0.29) is 37.3 Å². The summed E-state index contributed by atoms with van der Waals surface area (Å²) >= 11 is 0. The van der Waals surface area contributed by atoms with Crippen LogP contribution in [-0.4, -0.2) is 155 Å². The molecule has 294 valence electrons. The van der Waals surface area contributed by atoms with Crippen molar-refractivity contribution in [1.82, 2.24) is 10.2 Å². The first kappa shape index (κ1) is 43.4. The van der Waals surface area contributed by atoms with Crippen molar-refractivity contribution in [3.63, 3.8) is 0 Å². The summed E-state index contributed by atoms with van der Waals surface area (Å²) < 4.78 is 37.0. The van der Waals surface area contributed by atoms with Crippen LogP contribution in [0.4, 0.5) is 0 Å². The molecule has 0 aromatic rings. The lowest BCUT2D eigenvalue weighted by molar-refractivity contribution is -0.311. The van der Waals surface area contributed by atoms with Crippen LogP contribution in [0, 0.1) is 17.8 Å². The summed E-state index contributed by atoms with van der Waals surface area (Å²) in [6.45, 7) is 16.0. The van der Waals surface area contributed by atoms with Crippen LogP contribution in [0.5, 0.6) is 0 Å². The summed E-state index contributed by atoms with van der Waals surface area (Å²) in [4.78, 5) is 16.0. The van der Waals surface area contributed by atoms with Gasteiger partial charge in [-0.25, -0.2) is 0 Å². The highest BCUT2D eigenvalue weighted by Gasteiger charge is 2.51. The predicted molar refractivity (Wildman–Crippen MR) is 185 cm³/mol. The van der Waals surface area contributed by atoms with E-state index in [1.165, 1.54) is 14.0 Å². The average Bonchev–Trinajstić information content (AvgIpc) is 3.04. The second kappa shape index (κ2) is 17.9. The van der Waals surface area contributed by atoms with Crippen LogP contribution in [0.15, 0.2) is 0 Å². The number of aliphatic hydroxyl groups excluding tert-OH is 3. The zero-order chi connectivity index (χ0) is 37.9. The maximum Gasteiger partial charge on any atom is 0.311 e. The predicted octanol–water partition coefficient (Wildman–Crippen LogP) is 1.17. The minimum Gasteiger partial charge on any atom is -0.459 e. The summed E-state index contributed by atoms with van der Waals surface area (Å²) in [5, 5.41) is 60.6.